The van der Waals surface area contributed by atoms with Crippen LogP contribution in [-0.2, 0) is 19.0 Å². The van der Waals surface area contributed by atoms with E-state index >= 15 is 0 Å². The standard InChI is InChI=1S/C62H109NO21/c1-32-16-11-12-20-47(70)38(7)55(75)33(2)17-13-18-35(4)61(81)82-51(37(6)46(69)21-15-25-63)22-14-19-42(65)27-43(66)28-48(71)39(8)56(76)40(9)49(72)29-44(67)30-50(73)41(10)57(77)52(26-36(5)54(74)34(3)23-24-45(32)68)83-62-60(80)59(79)58(78)53(31-64)84-62/h11,13-14,16-19,23-24,26,32-34,37-60,62,64-80H,12,15,20-22,25,27-31,63H2,1-10H3/t32-,33-,34+,37+,38+,39+,40-,41+,42-,43-,44+,45+,46+,47+,48-,49-,50+,51+,52+,53+,54+,55-,56+,57-,58+,59-,60-,62-/m0/s1. The Kier molecular flexibility index (Phi) is 35.4. The largest absolute Gasteiger partial charge is 0.458 e. The molecule has 0 bridgehead atoms. The third kappa shape index (κ3) is 24.9. The minimum absolute atomic E-state index is 0.0769. The number of aliphatic hydroxyl groups excluding tert-OH is 17. The van der Waals surface area contributed by atoms with Gasteiger partial charge in [-0.25, -0.2) is 4.79 Å². The van der Waals surface area contributed by atoms with Crippen molar-refractivity contribution in [1.29, 1.82) is 0 Å². The predicted octanol–water partition coefficient (Wildman–Crippen LogP) is 0.464. The summed E-state index contributed by atoms with van der Waals surface area (Å²) in [6, 6.07) is 0. The first-order chi connectivity index (χ1) is 39.3. The molecular formula is C62H109NO21. The SMILES string of the molecule is CC1=CC=C[C@H](C)[C@H](O)[C@H](C)[C@H](O)CCC=C[C@H](C)[C@H](O)C=C[C@@H](C)[C@@H](O)C(C)=C[C@@H](O[C@H]2O[C@H](CO)[C@@H](O)[C@H](O)[C@@H]2O)[C@@H](O)[C@H](C)[C@H](O)C[C@H](O)C[C@H](O)[C@H](C)[C@H](O)[C@H](C)[C@@H](O)C[C@@H](O)C[C@@H](O)C=CC[C@H]([C@H](C)[C@H](O)CCCN)OC1=O. The van der Waals surface area contributed by atoms with Gasteiger partial charge in [-0.3, -0.25) is 0 Å². The van der Waals surface area contributed by atoms with Crippen LogP contribution in [0.25, 0.3) is 0 Å². The summed E-state index contributed by atoms with van der Waals surface area (Å²) in [4.78, 5) is 13.4. The molecule has 2 aliphatic heterocycles. The number of aliphatic hydroxyl groups is 17. The van der Waals surface area contributed by atoms with E-state index in [1.807, 2.05) is 6.08 Å². The number of allylic oxidation sites excluding steroid dienone is 3. The molecule has 1 saturated heterocycles. The van der Waals surface area contributed by atoms with Gasteiger partial charge in [0.15, 0.2) is 6.29 Å². The highest BCUT2D eigenvalue weighted by atomic mass is 16.7. The number of hydrogen-bond donors (Lipinski definition) is 18. The van der Waals surface area contributed by atoms with Crippen molar-refractivity contribution >= 4 is 5.97 Å². The molecule has 0 aromatic heterocycles. The van der Waals surface area contributed by atoms with Gasteiger partial charge in [0, 0.05) is 65.8 Å². The van der Waals surface area contributed by atoms with Gasteiger partial charge < -0.3 is 107 Å². The van der Waals surface area contributed by atoms with Crippen molar-refractivity contribution in [3.05, 3.63) is 71.9 Å². The molecule has 22 heteroatoms. The van der Waals surface area contributed by atoms with Gasteiger partial charge in [0.25, 0.3) is 0 Å². The van der Waals surface area contributed by atoms with Crippen molar-refractivity contribution in [3.63, 3.8) is 0 Å². The van der Waals surface area contributed by atoms with Crippen LogP contribution in [0.15, 0.2) is 71.9 Å². The van der Waals surface area contributed by atoms with Crippen LogP contribution in [0, 0.1) is 47.3 Å². The van der Waals surface area contributed by atoms with E-state index in [9.17, 15) is 91.6 Å². The molecular weight excluding hydrogens is 1090 g/mol. The van der Waals surface area contributed by atoms with Gasteiger partial charge in [0.1, 0.15) is 36.6 Å². The summed E-state index contributed by atoms with van der Waals surface area (Å²) < 4.78 is 17.4. The molecule has 0 amide bonds. The zero-order valence-electron chi connectivity index (χ0n) is 51.0. The lowest BCUT2D eigenvalue weighted by Crippen LogP contribution is -2.60. The molecule has 0 unspecified atom stereocenters. The lowest BCUT2D eigenvalue weighted by atomic mass is 9.82. The van der Waals surface area contributed by atoms with E-state index in [4.69, 9.17) is 19.9 Å². The van der Waals surface area contributed by atoms with Gasteiger partial charge in [-0.15, -0.1) is 0 Å². The van der Waals surface area contributed by atoms with Crippen LogP contribution >= 0.6 is 0 Å². The number of cyclic esters (lactones) is 1. The Hall–Kier alpha value is -2.89. The minimum Gasteiger partial charge on any atom is -0.458 e. The summed E-state index contributed by atoms with van der Waals surface area (Å²) in [5.74, 6) is -6.34. The first-order valence-electron chi connectivity index (χ1n) is 30.1. The van der Waals surface area contributed by atoms with Crippen LogP contribution in [0.4, 0.5) is 0 Å². The van der Waals surface area contributed by atoms with Crippen LogP contribution in [0.2, 0.25) is 0 Å². The van der Waals surface area contributed by atoms with Crippen LogP contribution in [0.5, 0.6) is 0 Å². The van der Waals surface area contributed by atoms with E-state index in [0.29, 0.717) is 32.2 Å². The average Bonchev–Trinajstić information content (AvgIpc) is 3.56. The molecule has 1 fully saturated rings. The minimum atomic E-state index is -1.89. The number of carbonyl (C=O) groups excluding carboxylic acids is 1. The molecule has 0 spiro atoms. The van der Waals surface area contributed by atoms with E-state index in [1.54, 1.807) is 71.9 Å². The summed E-state index contributed by atoms with van der Waals surface area (Å²) >= 11 is 0. The van der Waals surface area contributed by atoms with E-state index < -0.39 is 189 Å². The van der Waals surface area contributed by atoms with Crippen molar-refractivity contribution in [2.75, 3.05) is 13.2 Å². The smallest absolute Gasteiger partial charge is 0.334 e. The van der Waals surface area contributed by atoms with E-state index in [1.165, 1.54) is 52.0 Å². The van der Waals surface area contributed by atoms with Gasteiger partial charge in [0.2, 0.25) is 0 Å². The average molecular weight is 1200 g/mol. The predicted molar refractivity (Wildman–Crippen MR) is 315 cm³/mol. The fourth-order valence-corrected chi connectivity index (χ4v) is 10.4. The van der Waals surface area contributed by atoms with E-state index in [2.05, 4.69) is 0 Å². The highest BCUT2D eigenvalue weighted by molar-refractivity contribution is 5.88. The van der Waals surface area contributed by atoms with Crippen LogP contribution < -0.4 is 5.73 Å². The fraction of sp³-hybridized carbons (Fsp3) is 0.790. The number of hydrogen-bond acceptors (Lipinski definition) is 22. The zero-order valence-corrected chi connectivity index (χ0v) is 51.0. The first-order valence-corrected chi connectivity index (χ1v) is 30.1. The maximum absolute atomic E-state index is 13.4. The Morgan fingerprint density at radius 1 is 0.631 bits per heavy atom. The van der Waals surface area contributed by atoms with Gasteiger partial charge in [-0.2, -0.15) is 0 Å². The Bertz CT molecular complexity index is 2040. The van der Waals surface area contributed by atoms with Crippen LogP contribution in [0.1, 0.15) is 127 Å². The number of ether oxygens (including phenoxy) is 3. The molecule has 19 N–H and O–H groups in total. The molecule has 0 saturated carbocycles. The van der Waals surface area contributed by atoms with Gasteiger partial charge in [-0.1, -0.05) is 116 Å². The second kappa shape index (κ2) is 38.5. The number of esters is 1. The molecule has 2 heterocycles. The third-order valence-corrected chi connectivity index (χ3v) is 17.2. The summed E-state index contributed by atoms with van der Waals surface area (Å²) in [7, 11) is 0. The van der Waals surface area contributed by atoms with Crippen molar-refractivity contribution in [1.82, 2.24) is 0 Å². The Labute approximate surface area is 497 Å². The normalized spacial score (nSPS) is 42.1. The van der Waals surface area contributed by atoms with Crippen molar-refractivity contribution in [3.8, 4) is 0 Å². The number of carbonyl (C=O) groups is 1. The van der Waals surface area contributed by atoms with Gasteiger partial charge >= 0.3 is 5.97 Å². The Morgan fingerprint density at radius 3 is 1.76 bits per heavy atom. The second-order valence-corrected chi connectivity index (χ2v) is 24.3. The molecule has 2 aliphatic rings. The Balaban J connectivity index is 2.50. The molecule has 22 nitrogen and oxygen atoms in total. The second-order valence-electron chi connectivity index (χ2n) is 24.3. The van der Waals surface area contributed by atoms with Crippen LogP contribution in [0.3, 0.4) is 0 Å². The number of rotatable bonds is 8. The van der Waals surface area contributed by atoms with E-state index in [0.717, 1.165) is 0 Å². The first kappa shape index (κ1) is 77.2. The van der Waals surface area contributed by atoms with Crippen molar-refractivity contribution < 1.29 is 106 Å². The fourth-order valence-electron chi connectivity index (χ4n) is 10.4. The highest BCUT2D eigenvalue weighted by Gasteiger charge is 2.46. The Morgan fingerprint density at radius 2 is 1.19 bits per heavy atom. The lowest BCUT2D eigenvalue weighted by molar-refractivity contribution is -0.314. The summed E-state index contributed by atoms with van der Waals surface area (Å²) in [5, 5.41) is 187. The molecule has 2 rings (SSSR count). The zero-order chi connectivity index (χ0) is 63.9. The highest BCUT2D eigenvalue weighted by Crippen LogP contribution is 2.31. The quantitative estimate of drug-likeness (QED) is 0.116. The van der Waals surface area contributed by atoms with Gasteiger partial charge in [0.05, 0.1) is 86.0 Å². The van der Waals surface area contributed by atoms with Crippen molar-refractivity contribution in [2.45, 2.75) is 249 Å². The molecule has 0 radical (unpaired) electrons. The molecule has 84 heavy (non-hydrogen) atoms. The summed E-state index contributed by atoms with van der Waals surface area (Å²) in [5.41, 5.74) is 6.12. The molecule has 28 atom stereocenters. The van der Waals surface area contributed by atoms with Gasteiger partial charge in [-0.05, 0) is 70.9 Å². The monoisotopic (exact) mass is 1200 g/mol. The lowest BCUT2D eigenvalue weighted by Gasteiger charge is -2.41. The number of nitrogens with two attached hydrogens (primary N) is 1. The summed E-state index contributed by atoms with van der Waals surface area (Å²) in [6.07, 6.45) is -11.0. The third-order valence-electron chi connectivity index (χ3n) is 17.2. The van der Waals surface area contributed by atoms with Crippen molar-refractivity contribution in [2.24, 2.45) is 53.1 Å². The maximum Gasteiger partial charge on any atom is 0.334 e. The molecule has 0 aromatic carbocycles. The maximum atomic E-state index is 13.4. The van der Waals surface area contributed by atoms with Crippen LogP contribution in [-0.4, -0.2) is 228 Å². The summed E-state index contributed by atoms with van der Waals surface area (Å²) in [6.45, 7) is 15.7. The topological polar surface area (TPSA) is 415 Å². The molecule has 0 aromatic rings. The molecule has 0 aliphatic carbocycles. The molecule has 488 valence electrons. The van der Waals surface area contributed by atoms with E-state index in [-0.39, 0.29) is 36.8 Å².